The molecule has 0 fully saturated rings. The fourth-order valence-electron chi connectivity index (χ4n) is 3.70. The highest BCUT2D eigenvalue weighted by molar-refractivity contribution is 5.87. The number of ether oxygens (including phenoxy) is 3. The molecule has 2 aromatic carbocycles. The van der Waals surface area contributed by atoms with E-state index in [1.165, 1.54) is 24.3 Å². The lowest BCUT2D eigenvalue weighted by Gasteiger charge is -2.26. The highest BCUT2D eigenvalue weighted by Gasteiger charge is 2.31. The minimum Gasteiger partial charge on any atom is -0.464 e. The zero-order chi connectivity index (χ0) is 28.5. The SMILES string of the molecule is C=CC(=O)NCc1cc(-c2ccc(OC(F)(F)F)cc2)c(C)c(O/C=C(\C)CC)c1C(CC)OC(=O)CC. The molecule has 0 heterocycles. The van der Waals surface area contributed by atoms with Crippen LogP contribution in [0.2, 0.25) is 0 Å². The van der Waals surface area contributed by atoms with Crippen LogP contribution in [-0.4, -0.2) is 18.2 Å². The highest BCUT2D eigenvalue weighted by atomic mass is 19.4. The monoisotopic (exact) mass is 533 g/mol. The van der Waals surface area contributed by atoms with E-state index in [1.807, 2.05) is 33.8 Å². The smallest absolute Gasteiger partial charge is 0.464 e. The molecule has 206 valence electrons. The molecule has 0 aromatic heterocycles. The Morgan fingerprint density at radius 3 is 2.29 bits per heavy atom. The fourth-order valence-corrected chi connectivity index (χ4v) is 3.70. The van der Waals surface area contributed by atoms with E-state index in [9.17, 15) is 22.8 Å². The second-order valence-electron chi connectivity index (χ2n) is 8.62. The van der Waals surface area contributed by atoms with Crippen LogP contribution in [0.25, 0.3) is 11.1 Å². The third-order valence-electron chi connectivity index (χ3n) is 5.88. The lowest BCUT2D eigenvalue weighted by molar-refractivity contribution is -0.274. The second-order valence-corrected chi connectivity index (χ2v) is 8.62. The number of allylic oxidation sites excluding steroid dienone is 1. The van der Waals surface area contributed by atoms with Crippen LogP contribution in [0.5, 0.6) is 11.5 Å². The molecule has 1 unspecified atom stereocenters. The number of amides is 1. The maximum Gasteiger partial charge on any atom is 0.573 e. The molecule has 1 amide bonds. The summed E-state index contributed by atoms with van der Waals surface area (Å²) in [5, 5.41) is 2.76. The average Bonchev–Trinajstić information content (AvgIpc) is 2.89. The quantitative estimate of drug-likeness (QED) is 0.174. The summed E-state index contributed by atoms with van der Waals surface area (Å²) < 4.78 is 53.9. The van der Waals surface area contributed by atoms with E-state index in [0.717, 1.165) is 18.1 Å². The first-order valence-corrected chi connectivity index (χ1v) is 12.4. The Kier molecular flexibility index (Phi) is 11.0. The Labute approximate surface area is 221 Å². The van der Waals surface area contributed by atoms with Crippen LogP contribution in [0.1, 0.15) is 69.8 Å². The average molecular weight is 534 g/mol. The number of carbonyl (C=O) groups excluding carboxylic acids is 2. The normalized spacial score (nSPS) is 12.5. The number of esters is 1. The molecule has 0 bridgehead atoms. The Hall–Kier alpha value is -3.75. The number of nitrogens with one attached hydrogen (secondary N) is 1. The number of benzene rings is 2. The topological polar surface area (TPSA) is 73.9 Å². The molecule has 0 saturated carbocycles. The lowest BCUT2D eigenvalue weighted by atomic mass is 9.89. The van der Waals surface area contributed by atoms with Gasteiger partial charge in [-0.3, -0.25) is 9.59 Å². The van der Waals surface area contributed by atoms with Crippen LogP contribution in [0.3, 0.4) is 0 Å². The predicted molar refractivity (Wildman–Crippen MR) is 139 cm³/mol. The Morgan fingerprint density at radius 2 is 1.76 bits per heavy atom. The summed E-state index contributed by atoms with van der Waals surface area (Å²) in [6, 6.07) is 7.31. The maximum atomic E-state index is 12.6. The van der Waals surface area contributed by atoms with Crippen LogP contribution < -0.4 is 14.8 Å². The number of hydrogen-bond acceptors (Lipinski definition) is 5. The van der Waals surface area contributed by atoms with Crippen LogP contribution in [0, 0.1) is 6.92 Å². The third-order valence-corrected chi connectivity index (χ3v) is 5.88. The summed E-state index contributed by atoms with van der Waals surface area (Å²) in [6.07, 6.45) is -1.30. The summed E-state index contributed by atoms with van der Waals surface area (Å²) in [5.41, 5.74) is 4.18. The molecule has 0 radical (unpaired) electrons. The van der Waals surface area contributed by atoms with Crippen molar-refractivity contribution in [1.82, 2.24) is 5.32 Å². The Bertz CT molecular complexity index is 1170. The van der Waals surface area contributed by atoms with E-state index in [-0.39, 0.29) is 24.7 Å². The van der Waals surface area contributed by atoms with Gasteiger partial charge in [0.1, 0.15) is 17.6 Å². The van der Waals surface area contributed by atoms with Gasteiger partial charge in [0.25, 0.3) is 0 Å². The van der Waals surface area contributed by atoms with E-state index in [2.05, 4.69) is 16.6 Å². The summed E-state index contributed by atoms with van der Waals surface area (Å²) in [6.45, 7) is 12.9. The van der Waals surface area contributed by atoms with Crippen molar-refractivity contribution in [2.45, 2.75) is 72.9 Å². The number of carbonyl (C=O) groups is 2. The largest absolute Gasteiger partial charge is 0.573 e. The molecule has 6 nitrogen and oxygen atoms in total. The molecule has 2 aromatic rings. The van der Waals surface area contributed by atoms with Gasteiger partial charge in [0.2, 0.25) is 5.91 Å². The summed E-state index contributed by atoms with van der Waals surface area (Å²) in [5.74, 6) is -0.672. The Balaban J connectivity index is 2.77. The number of rotatable bonds is 12. The third kappa shape index (κ3) is 8.39. The van der Waals surface area contributed by atoms with E-state index >= 15 is 0 Å². The van der Waals surface area contributed by atoms with Crippen LogP contribution >= 0.6 is 0 Å². The molecule has 0 saturated heterocycles. The molecule has 0 aliphatic rings. The molecule has 0 aliphatic carbocycles. The highest BCUT2D eigenvalue weighted by Crippen LogP contribution is 2.42. The van der Waals surface area contributed by atoms with Gasteiger partial charge in [-0.15, -0.1) is 13.2 Å². The van der Waals surface area contributed by atoms with Gasteiger partial charge in [0.05, 0.1) is 6.26 Å². The van der Waals surface area contributed by atoms with Crippen molar-refractivity contribution in [3.05, 3.63) is 71.5 Å². The standard InChI is InChI=1S/C29H34F3NO5/c1-7-18(5)17-36-28-19(6)23(20-11-13-22(14-12-20)38-29(30,31)32)15-21(16-33-25(34)9-3)27(28)24(8-2)37-26(35)10-4/h9,11-15,17,24H,3,7-8,10,16H2,1-2,4-6H3,(H,33,34)/b18-17+. The van der Waals surface area contributed by atoms with Gasteiger partial charge >= 0.3 is 12.3 Å². The molecular formula is C29H34F3NO5. The van der Waals surface area contributed by atoms with Crippen molar-refractivity contribution in [3.8, 4) is 22.6 Å². The van der Waals surface area contributed by atoms with Crippen molar-refractivity contribution in [2.75, 3.05) is 0 Å². The lowest BCUT2D eigenvalue weighted by Crippen LogP contribution is -2.22. The van der Waals surface area contributed by atoms with Crippen molar-refractivity contribution in [3.63, 3.8) is 0 Å². The summed E-state index contributed by atoms with van der Waals surface area (Å²) in [4.78, 5) is 24.3. The fraction of sp³-hybridized carbons (Fsp3) is 0.379. The molecule has 0 spiro atoms. The van der Waals surface area contributed by atoms with E-state index in [0.29, 0.717) is 40.0 Å². The van der Waals surface area contributed by atoms with Crippen molar-refractivity contribution < 1.29 is 37.0 Å². The van der Waals surface area contributed by atoms with Crippen LogP contribution in [0.4, 0.5) is 13.2 Å². The molecular weight excluding hydrogens is 499 g/mol. The van der Waals surface area contributed by atoms with Gasteiger partial charge in [-0.2, -0.15) is 0 Å². The molecule has 1 atom stereocenters. The summed E-state index contributed by atoms with van der Waals surface area (Å²) >= 11 is 0. The van der Waals surface area contributed by atoms with E-state index in [4.69, 9.17) is 9.47 Å². The first-order valence-electron chi connectivity index (χ1n) is 12.4. The number of alkyl halides is 3. The second kappa shape index (κ2) is 13.7. The number of halogens is 3. The van der Waals surface area contributed by atoms with Gasteiger partial charge in [0, 0.05) is 18.5 Å². The molecule has 2 rings (SSSR count). The van der Waals surface area contributed by atoms with Crippen LogP contribution in [-0.2, 0) is 20.9 Å². The molecule has 1 N–H and O–H groups in total. The first kappa shape index (κ1) is 30.5. The molecule has 38 heavy (non-hydrogen) atoms. The van der Waals surface area contributed by atoms with Crippen molar-refractivity contribution in [2.24, 2.45) is 0 Å². The van der Waals surface area contributed by atoms with E-state index in [1.54, 1.807) is 13.2 Å². The van der Waals surface area contributed by atoms with Crippen LogP contribution in [0.15, 0.2) is 54.8 Å². The predicted octanol–water partition coefficient (Wildman–Crippen LogP) is 7.46. The Morgan fingerprint density at radius 1 is 1.11 bits per heavy atom. The van der Waals surface area contributed by atoms with Gasteiger partial charge in [0.15, 0.2) is 0 Å². The molecule has 0 aliphatic heterocycles. The van der Waals surface area contributed by atoms with Gasteiger partial charge < -0.3 is 19.5 Å². The minimum atomic E-state index is -4.80. The van der Waals surface area contributed by atoms with Gasteiger partial charge in [-0.05, 0) is 78.8 Å². The first-order chi connectivity index (χ1) is 17.9. The zero-order valence-corrected chi connectivity index (χ0v) is 22.3. The number of hydrogen-bond donors (Lipinski definition) is 1. The maximum absolute atomic E-state index is 12.6. The van der Waals surface area contributed by atoms with Crippen molar-refractivity contribution >= 4 is 11.9 Å². The summed E-state index contributed by atoms with van der Waals surface area (Å²) in [7, 11) is 0. The minimum absolute atomic E-state index is 0.0791. The van der Waals surface area contributed by atoms with Gasteiger partial charge in [-0.1, -0.05) is 39.5 Å². The molecule has 9 heteroatoms. The van der Waals surface area contributed by atoms with Crippen molar-refractivity contribution in [1.29, 1.82) is 0 Å². The van der Waals surface area contributed by atoms with Gasteiger partial charge in [-0.25, -0.2) is 0 Å². The zero-order valence-electron chi connectivity index (χ0n) is 22.3. The van der Waals surface area contributed by atoms with E-state index < -0.39 is 18.4 Å².